The molecular formula is C23H31N3O5S. The van der Waals surface area contributed by atoms with Crippen molar-refractivity contribution in [2.45, 2.75) is 24.8 Å². The SMILES string of the molecule is COc1cccc(CN(CCCN2CCOCC2)C(=O)NS(=O)(=O)c2ccc(C)cc2)c1. The van der Waals surface area contributed by atoms with Crippen LogP contribution in [0.4, 0.5) is 4.79 Å². The number of nitrogens with one attached hydrogen (secondary N) is 1. The minimum absolute atomic E-state index is 0.0612. The Morgan fingerprint density at radius 3 is 2.56 bits per heavy atom. The zero-order valence-corrected chi connectivity index (χ0v) is 19.4. The molecule has 0 atom stereocenters. The molecule has 0 saturated carbocycles. The lowest BCUT2D eigenvalue weighted by Crippen LogP contribution is -2.44. The lowest BCUT2D eigenvalue weighted by atomic mass is 10.2. The minimum Gasteiger partial charge on any atom is -0.497 e. The van der Waals surface area contributed by atoms with Crippen LogP contribution >= 0.6 is 0 Å². The van der Waals surface area contributed by atoms with E-state index >= 15 is 0 Å². The molecule has 1 aliphatic rings. The van der Waals surface area contributed by atoms with Crippen molar-refractivity contribution in [3.8, 4) is 5.75 Å². The predicted molar refractivity (Wildman–Crippen MR) is 122 cm³/mol. The number of carbonyl (C=O) groups is 1. The molecule has 0 bridgehead atoms. The van der Waals surface area contributed by atoms with E-state index in [9.17, 15) is 13.2 Å². The first kappa shape index (κ1) is 24.0. The average Bonchev–Trinajstić information content (AvgIpc) is 2.79. The number of benzene rings is 2. The third-order valence-corrected chi connectivity index (χ3v) is 6.69. The molecule has 174 valence electrons. The molecule has 0 radical (unpaired) electrons. The first-order chi connectivity index (χ1) is 15.4. The molecule has 2 aromatic carbocycles. The fourth-order valence-electron chi connectivity index (χ4n) is 3.51. The van der Waals surface area contributed by atoms with E-state index < -0.39 is 16.1 Å². The van der Waals surface area contributed by atoms with Gasteiger partial charge in [-0.15, -0.1) is 0 Å². The van der Waals surface area contributed by atoms with Gasteiger partial charge < -0.3 is 14.4 Å². The van der Waals surface area contributed by atoms with Crippen molar-refractivity contribution in [3.05, 3.63) is 59.7 Å². The summed E-state index contributed by atoms with van der Waals surface area (Å²) in [7, 11) is -2.38. The van der Waals surface area contributed by atoms with E-state index in [4.69, 9.17) is 9.47 Å². The van der Waals surface area contributed by atoms with Crippen LogP contribution in [0.25, 0.3) is 0 Å². The van der Waals surface area contributed by atoms with Gasteiger partial charge in [-0.2, -0.15) is 0 Å². The van der Waals surface area contributed by atoms with Gasteiger partial charge in [0, 0.05) is 32.7 Å². The van der Waals surface area contributed by atoms with Crippen molar-refractivity contribution in [3.63, 3.8) is 0 Å². The Morgan fingerprint density at radius 1 is 1.16 bits per heavy atom. The second kappa shape index (κ2) is 11.3. The summed E-state index contributed by atoms with van der Waals surface area (Å²) in [5, 5.41) is 0. The van der Waals surface area contributed by atoms with Gasteiger partial charge in [0.05, 0.1) is 25.2 Å². The number of sulfonamides is 1. The van der Waals surface area contributed by atoms with Crippen LogP contribution in [0, 0.1) is 6.92 Å². The molecule has 2 aromatic rings. The Kier molecular flexibility index (Phi) is 8.49. The summed E-state index contributed by atoms with van der Waals surface area (Å²) in [5.41, 5.74) is 1.80. The molecule has 1 saturated heterocycles. The number of morpholine rings is 1. The van der Waals surface area contributed by atoms with Crippen LogP contribution in [0.1, 0.15) is 17.5 Å². The number of nitrogens with zero attached hydrogens (tertiary/aromatic N) is 2. The molecule has 8 nitrogen and oxygen atoms in total. The van der Waals surface area contributed by atoms with Gasteiger partial charge in [-0.05, 0) is 43.2 Å². The highest BCUT2D eigenvalue weighted by molar-refractivity contribution is 7.90. The van der Waals surface area contributed by atoms with E-state index in [0.717, 1.165) is 37.2 Å². The third-order valence-electron chi connectivity index (χ3n) is 5.35. The van der Waals surface area contributed by atoms with Gasteiger partial charge in [0.15, 0.2) is 0 Å². The van der Waals surface area contributed by atoms with Crippen LogP contribution in [0.3, 0.4) is 0 Å². The summed E-state index contributed by atoms with van der Waals surface area (Å²) >= 11 is 0. The van der Waals surface area contributed by atoms with Gasteiger partial charge in [-0.25, -0.2) is 17.9 Å². The van der Waals surface area contributed by atoms with Gasteiger partial charge in [0.25, 0.3) is 10.0 Å². The number of amides is 2. The number of methoxy groups -OCH3 is 1. The maximum Gasteiger partial charge on any atom is 0.331 e. The number of rotatable bonds is 9. The lowest BCUT2D eigenvalue weighted by molar-refractivity contribution is 0.0364. The standard InChI is InChI=1S/C23H31N3O5S/c1-19-7-9-22(10-8-19)32(28,29)24-23(27)26(12-4-11-25-13-15-31-16-14-25)18-20-5-3-6-21(17-20)30-2/h3,5-10,17H,4,11-16,18H2,1-2H3,(H,24,27). The Morgan fingerprint density at radius 2 is 1.88 bits per heavy atom. The first-order valence-electron chi connectivity index (χ1n) is 10.7. The fraction of sp³-hybridized carbons (Fsp3) is 0.435. The Balaban J connectivity index is 1.70. The minimum atomic E-state index is -3.96. The van der Waals surface area contributed by atoms with Crippen LogP contribution < -0.4 is 9.46 Å². The number of urea groups is 1. The quantitative estimate of drug-likeness (QED) is 0.618. The highest BCUT2D eigenvalue weighted by atomic mass is 32.2. The molecule has 0 aliphatic carbocycles. The molecule has 0 spiro atoms. The number of carbonyl (C=O) groups excluding carboxylic acids is 1. The van der Waals surface area contributed by atoms with Gasteiger partial charge in [-0.3, -0.25) is 4.90 Å². The summed E-state index contributed by atoms with van der Waals surface area (Å²) in [6.07, 6.45) is 0.724. The summed E-state index contributed by atoms with van der Waals surface area (Å²) in [6.45, 7) is 6.54. The van der Waals surface area contributed by atoms with Crippen molar-refractivity contribution >= 4 is 16.1 Å². The molecule has 1 heterocycles. The van der Waals surface area contributed by atoms with E-state index in [1.807, 2.05) is 31.2 Å². The smallest absolute Gasteiger partial charge is 0.331 e. The van der Waals surface area contributed by atoms with E-state index in [-0.39, 0.29) is 11.4 Å². The monoisotopic (exact) mass is 461 g/mol. The molecule has 9 heteroatoms. The molecule has 32 heavy (non-hydrogen) atoms. The number of aryl methyl sites for hydroxylation is 1. The highest BCUT2D eigenvalue weighted by Crippen LogP contribution is 2.16. The molecule has 1 N–H and O–H groups in total. The van der Waals surface area contributed by atoms with E-state index in [1.54, 1.807) is 19.2 Å². The van der Waals surface area contributed by atoms with Gasteiger partial charge >= 0.3 is 6.03 Å². The van der Waals surface area contributed by atoms with Crippen LogP contribution in [0.5, 0.6) is 5.75 Å². The third kappa shape index (κ3) is 6.94. The maximum atomic E-state index is 13.0. The van der Waals surface area contributed by atoms with Crippen molar-refractivity contribution in [2.75, 3.05) is 46.5 Å². The molecule has 1 aliphatic heterocycles. The molecule has 0 aromatic heterocycles. The Bertz CT molecular complexity index is 989. The summed E-state index contributed by atoms with van der Waals surface area (Å²) < 4.78 is 38.3. The molecule has 0 unspecified atom stereocenters. The van der Waals surface area contributed by atoms with E-state index in [0.29, 0.717) is 25.5 Å². The maximum absolute atomic E-state index is 13.0. The van der Waals surface area contributed by atoms with Crippen molar-refractivity contribution in [1.82, 2.24) is 14.5 Å². The van der Waals surface area contributed by atoms with Crippen LogP contribution in [-0.2, 0) is 21.3 Å². The molecule has 3 rings (SSSR count). The molecular weight excluding hydrogens is 430 g/mol. The lowest BCUT2D eigenvalue weighted by Gasteiger charge is -2.28. The summed E-state index contributed by atoms with van der Waals surface area (Å²) in [6, 6.07) is 13.2. The zero-order valence-electron chi connectivity index (χ0n) is 18.6. The van der Waals surface area contributed by atoms with Gasteiger partial charge in [0.2, 0.25) is 0 Å². The second-order valence-corrected chi connectivity index (χ2v) is 9.49. The topological polar surface area (TPSA) is 88.2 Å². The number of ether oxygens (including phenoxy) is 2. The van der Waals surface area contributed by atoms with Crippen molar-refractivity contribution in [2.24, 2.45) is 0 Å². The Labute approximate surface area is 190 Å². The largest absolute Gasteiger partial charge is 0.497 e. The van der Waals surface area contributed by atoms with Crippen LogP contribution in [-0.4, -0.2) is 70.8 Å². The first-order valence-corrected chi connectivity index (χ1v) is 12.2. The normalized spacial score (nSPS) is 14.7. The van der Waals surface area contributed by atoms with Gasteiger partial charge in [-0.1, -0.05) is 29.8 Å². The summed E-state index contributed by atoms with van der Waals surface area (Å²) in [5.74, 6) is 0.684. The van der Waals surface area contributed by atoms with Crippen molar-refractivity contribution < 1.29 is 22.7 Å². The molecule has 2 amide bonds. The highest BCUT2D eigenvalue weighted by Gasteiger charge is 2.22. The second-order valence-electron chi connectivity index (χ2n) is 7.80. The van der Waals surface area contributed by atoms with E-state index in [1.165, 1.54) is 17.0 Å². The van der Waals surface area contributed by atoms with E-state index in [2.05, 4.69) is 9.62 Å². The zero-order chi connectivity index (χ0) is 23.0. The van der Waals surface area contributed by atoms with Crippen LogP contribution in [0.15, 0.2) is 53.4 Å². The fourth-order valence-corrected chi connectivity index (χ4v) is 4.48. The molecule has 1 fully saturated rings. The predicted octanol–water partition coefficient (Wildman–Crippen LogP) is 2.63. The van der Waals surface area contributed by atoms with Gasteiger partial charge in [0.1, 0.15) is 5.75 Å². The summed E-state index contributed by atoms with van der Waals surface area (Å²) in [4.78, 5) is 16.9. The van der Waals surface area contributed by atoms with Crippen molar-refractivity contribution in [1.29, 1.82) is 0 Å². The van der Waals surface area contributed by atoms with Crippen LogP contribution in [0.2, 0.25) is 0 Å². The average molecular weight is 462 g/mol. The number of hydrogen-bond donors (Lipinski definition) is 1. The Hall–Kier alpha value is -2.62. The number of hydrogen-bond acceptors (Lipinski definition) is 6.